The van der Waals surface area contributed by atoms with Gasteiger partial charge in [0.1, 0.15) is 12.6 Å². The first-order valence-corrected chi connectivity index (χ1v) is 23.2. The number of nitrogens with two attached hydrogens (primary N) is 1. The molecule has 0 fully saturated rings. The quantitative estimate of drug-likeness (QED) is 0.0151. The zero-order valence-corrected chi connectivity index (χ0v) is 36.8. The zero-order valence-electron chi connectivity index (χ0n) is 35.9. The summed E-state index contributed by atoms with van der Waals surface area (Å²) in [5.41, 5.74) is 5.32. The molecule has 12 nitrogen and oxygen atoms in total. The topological polar surface area (TPSA) is 192 Å². The van der Waals surface area contributed by atoms with Crippen LogP contribution in [0.1, 0.15) is 149 Å². The molecular weight excluding hydrogens is 773 g/mol. The second-order valence-electron chi connectivity index (χ2n) is 14.3. The molecule has 59 heavy (non-hydrogen) atoms. The van der Waals surface area contributed by atoms with Crippen molar-refractivity contribution in [2.75, 3.05) is 19.8 Å². The number of rotatable bonds is 39. The molecule has 0 aliphatic heterocycles. The average molecular weight is 850 g/mol. The van der Waals surface area contributed by atoms with E-state index in [0.29, 0.717) is 25.7 Å². The number of aliphatic hydroxyl groups is 1. The smallest absolute Gasteiger partial charge is 0.472 e. The highest BCUT2D eigenvalue weighted by molar-refractivity contribution is 7.47. The molecule has 0 amide bonds. The summed E-state index contributed by atoms with van der Waals surface area (Å²) in [6.07, 6.45) is 45.6. The number of phosphoric ester groups is 1. The number of carbonyl (C=O) groups is 3. The Hall–Kier alpha value is -3.38. The molecule has 0 saturated carbocycles. The second-order valence-corrected chi connectivity index (χ2v) is 15.8. The van der Waals surface area contributed by atoms with E-state index in [0.717, 1.165) is 57.8 Å². The molecule has 0 aromatic heterocycles. The second kappa shape index (κ2) is 40.0. The lowest BCUT2D eigenvalue weighted by atomic mass is 10.1. The zero-order chi connectivity index (χ0) is 43.7. The molecular formula is C46H76NO11P. The summed E-state index contributed by atoms with van der Waals surface area (Å²) in [6, 6.07) is -1.55. The summed E-state index contributed by atoms with van der Waals surface area (Å²) in [4.78, 5) is 45.9. The molecule has 4 atom stereocenters. The van der Waals surface area contributed by atoms with Crippen LogP contribution in [-0.2, 0) is 37.5 Å². The highest BCUT2D eigenvalue weighted by atomic mass is 31.2. The molecule has 336 valence electrons. The normalized spacial score (nSPS) is 15.1. The standard InChI is InChI=1S/C46H76NO11P/c1-3-5-7-8-9-10-11-12-13-14-15-16-19-23-26-29-33-37-45(50)58-42(39-56-59(53,54)57-40-43(47)46(51)52)38-55-44(49)36-32-28-25-22-20-17-18-21-24-27-31-35-41(48)34-30-6-4-2/h12-13,15-18,22-27,31,35,41-43,48H,3-11,14,19-21,28-30,32-34,36-40,47H2,1-2H3,(H,51,52)(H,53,54)/b13-12-,16-15-,18-17-,25-22-,26-23-,27-24-,35-31+/t41-,42-,43+/m1/s1. The molecule has 0 saturated heterocycles. The number of carbonyl (C=O) groups excluding carboxylic acids is 2. The number of hydrogen-bond acceptors (Lipinski definition) is 10. The Balaban J connectivity index is 4.60. The van der Waals surface area contributed by atoms with Gasteiger partial charge in [0.05, 0.1) is 19.3 Å². The summed E-state index contributed by atoms with van der Waals surface area (Å²) < 4.78 is 32.5. The van der Waals surface area contributed by atoms with Gasteiger partial charge in [0.15, 0.2) is 6.10 Å². The van der Waals surface area contributed by atoms with Gasteiger partial charge in [0.2, 0.25) is 0 Å². The summed E-state index contributed by atoms with van der Waals surface area (Å²) in [7, 11) is -4.76. The van der Waals surface area contributed by atoms with Crippen molar-refractivity contribution in [2.24, 2.45) is 5.73 Å². The first-order chi connectivity index (χ1) is 28.5. The molecule has 0 bridgehead atoms. The number of carboxylic acids is 1. The Morgan fingerprint density at radius 3 is 1.69 bits per heavy atom. The van der Waals surface area contributed by atoms with Gasteiger partial charge in [-0.05, 0) is 70.6 Å². The fraction of sp³-hybridized carbons (Fsp3) is 0.630. The number of esters is 2. The molecule has 0 spiro atoms. The average Bonchev–Trinajstić information content (AvgIpc) is 3.20. The van der Waals surface area contributed by atoms with Crippen LogP contribution in [0.5, 0.6) is 0 Å². The van der Waals surface area contributed by atoms with Crippen molar-refractivity contribution in [3.8, 4) is 0 Å². The van der Waals surface area contributed by atoms with Crippen LogP contribution in [-0.4, -0.2) is 71.1 Å². The minimum Gasteiger partial charge on any atom is -0.480 e. The molecule has 0 radical (unpaired) electrons. The van der Waals surface area contributed by atoms with Crippen LogP contribution in [0.25, 0.3) is 0 Å². The number of hydrogen-bond donors (Lipinski definition) is 4. The molecule has 0 aromatic carbocycles. The Morgan fingerprint density at radius 2 is 1.10 bits per heavy atom. The van der Waals surface area contributed by atoms with Crippen LogP contribution in [0, 0.1) is 0 Å². The van der Waals surface area contributed by atoms with Crippen LogP contribution in [0.2, 0.25) is 0 Å². The highest BCUT2D eigenvalue weighted by Gasteiger charge is 2.28. The first kappa shape index (κ1) is 55.6. The minimum atomic E-state index is -4.76. The molecule has 13 heteroatoms. The fourth-order valence-electron chi connectivity index (χ4n) is 5.24. The molecule has 1 unspecified atom stereocenters. The third-order valence-corrected chi connectivity index (χ3v) is 9.67. The van der Waals surface area contributed by atoms with Crippen LogP contribution >= 0.6 is 7.82 Å². The fourth-order valence-corrected chi connectivity index (χ4v) is 6.02. The number of allylic oxidation sites excluding steroid dienone is 13. The van der Waals surface area contributed by atoms with E-state index in [9.17, 15) is 28.9 Å². The van der Waals surface area contributed by atoms with E-state index in [1.807, 2.05) is 54.7 Å². The van der Waals surface area contributed by atoms with Crippen molar-refractivity contribution in [3.05, 3.63) is 85.1 Å². The number of aliphatic hydroxyl groups excluding tert-OH is 1. The van der Waals surface area contributed by atoms with E-state index in [1.54, 1.807) is 0 Å². The molecule has 0 aliphatic carbocycles. The van der Waals surface area contributed by atoms with E-state index in [2.05, 4.69) is 48.8 Å². The summed E-state index contributed by atoms with van der Waals surface area (Å²) in [5, 5.41) is 18.8. The summed E-state index contributed by atoms with van der Waals surface area (Å²) in [5.74, 6) is -2.56. The Morgan fingerprint density at radius 1 is 0.610 bits per heavy atom. The van der Waals surface area contributed by atoms with Gasteiger partial charge in [-0.15, -0.1) is 0 Å². The van der Waals surface area contributed by atoms with Gasteiger partial charge < -0.3 is 30.3 Å². The van der Waals surface area contributed by atoms with Gasteiger partial charge in [0, 0.05) is 12.8 Å². The van der Waals surface area contributed by atoms with E-state index in [1.165, 1.54) is 38.5 Å². The molecule has 0 aliphatic rings. The lowest BCUT2D eigenvalue weighted by molar-refractivity contribution is -0.161. The van der Waals surface area contributed by atoms with Crippen molar-refractivity contribution in [1.82, 2.24) is 0 Å². The monoisotopic (exact) mass is 850 g/mol. The summed E-state index contributed by atoms with van der Waals surface area (Å²) >= 11 is 0. The third-order valence-electron chi connectivity index (χ3n) is 8.72. The van der Waals surface area contributed by atoms with Crippen molar-refractivity contribution < 1.29 is 52.6 Å². The number of aliphatic carboxylic acids is 1. The predicted octanol–water partition coefficient (Wildman–Crippen LogP) is 10.5. The van der Waals surface area contributed by atoms with Crippen LogP contribution in [0.3, 0.4) is 0 Å². The molecule has 0 aromatic rings. The molecule has 0 rings (SSSR count). The molecule has 0 heterocycles. The highest BCUT2D eigenvalue weighted by Crippen LogP contribution is 2.43. The largest absolute Gasteiger partial charge is 0.480 e. The maximum absolute atomic E-state index is 12.6. The van der Waals surface area contributed by atoms with Gasteiger partial charge >= 0.3 is 25.7 Å². The van der Waals surface area contributed by atoms with Gasteiger partial charge in [0.25, 0.3) is 0 Å². The van der Waals surface area contributed by atoms with Crippen molar-refractivity contribution >= 4 is 25.7 Å². The Kier molecular flexibility index (Phi) is 37.8. The maximum atomic E-state index is 12.6. The summed E-state index contributed by atoms with van der Waals surface area (Å²) in [6.45, 7) is 2.54. The van der Waals surface area contributed by atoms with Crippen LogP contribution < -0.4 is 5.73 Å². The molecule has 5 N–H and O–H groups in total. The van der Waals surface area contributed by atoms with E-state index in [-0.39, 0.29) is 12.8 Å². The van der Waals surface area contributed by atoms with E-state index >= 15 is 0 Å². The van der Waals surface area contributed by atoms with Crippen molar-refractivity contribution in [1.29, 1.82) is 0 Å². The minimum absolute atomic E-state index is 0.0641. The predicted molar refractivity (Wildman–Crippen MR) is 236 cm³/mol. The first-order valence-electron chi connectivity index (χ1n) is 21.7. The third kappa shape index (κ3) is 39.8. The lowest BCUT2D eigenvalue weighted by Gasteiger charge is -2.20. The maximum Gasteiger partial charge on any atom is 0.472 e. The number of ether oxygens (including phenoxy) is 2. The van der Waals surface area contributed by atoms with Gasteiger partial charge in [-0.3, -0.25) is 23.4 Å². The Bertz CT molecular complexity index is 1340. The lowest BCUT2D eigenvalue weighted by Crippen LogP contribution is -2.34. The Labute approximate surface area is 355 Å². The number of unbranched alkanes of at least 4 members (excludes halogenated alkanes) is 10. The van der Waals surface area contributed by atoms with E-state index < -0.39 is 63.8 Å². The SMILES string of the molecule is CCCCCCCC/C=C\C/C=C\C/C=C\CCCC(=O)O[C@H](COC(=O)CCC/C=C\C/C=C\C/C=C\C=C\[C@H](O)CCCCC)COP(=O)(O)OC[C@H](N)C(=O)O. The van der Waals surface area contributed by atoms with Gasteiger partial charge in [-0.2, -0.15) is 0 Å². The van der Waals surface area contributed by atoms with Crippen LogP contribution in [0.15, 0.2) is 85.1 Å². The van der Waals surface area contributed by atoms with Gasteiger partial charge in [-0.1, -0.05) is 150 Å². The number of carboxylic acid groups (broad SMARTS) is 1. The van der Waals surface area contributed by atoms with E-state index in [4.69, 9.17) is 24.8 Å². The van der Waals surface area contributed by atoms with Crippen molar-refractivity contribution in [3.63, 3.8) is 0 Å². The van der Waals surface area contributed by atoms with Crippen molar-refractivity contribution in [2.45, 2.75) is 167 Å². The van der Waals surface area contributed by atoms with Crippen LogP contribution in [0.4, 0.5) is 0 Å². The number of phosphoric acid groups is 1. The van der Waals surface area contributed by atoms with Gasteiger partial charge in [-0.25, -0.2) is 4.57 Å².